The Morgan fingerprint density at radius 1 is 1.09 bits per heavy atom. The van der Waals surface area contributed by atoms with Crippen LogP contribution in [-0.2, 0) is 5.67 Å². The number of nitrogens with one attached hydrogen (secondary N) is 1. The molecule has 0 aliphatic carbocycles. The largest absolute Gasteiger partial charge is 0.339 e. The maximum absolute atomic E-state index is 15.6. The number of likely N-dealkylation sites (tertiary alicyclic amines) is 1. The molecule has 1 aliphatic rings. The molecule has 1 fully saturated rings. The van der Waals surface area contributed by atoms with Crippen molar-refractivity contribution in [2.45, 2.75) is 32.4 Å². The van der Waals surface area contributed by atoms with Crippen LogP contribution in [0.1, 0.15) is 39.9 Å². The fraction of sp³-hybridized carbons (Fsp3) is 0.269. The van der Waals surface area contributed by atoms with Crippen molar-refractivity contribution in [3.8, 4) is 0 Å². The molecule has 2 aromatic heterocycles. The number of piperidine rings is 1. The number of aromatic nitrogens is 3. The van der Waals surface area contributed by atoms with Gasteiger partial charge in [-0.2, -0.15) is 9.61 Å². The summed E-state index contributed by atoms with van der Waals surface area (Å²) >= 11 is 3.47. The molecule has 0 radical (unpaired) electrons. The molecule has 2 aromatic carbocycles. The Morgan fingerprint density at radius 2 is 1.82 bits per heavy atom. The first-order valence-electron chi connectivity index (χ1n) is 11.3. The molecule has 1 saturated heterocycles. The second-order valence-electron chi connectivity index (χ2n) is 8.82. The molecular formula is C26H25BrFN5O. The number of carbonyl (C=O) groups excluding carboxylic acids is 1. The number of halogens is 2. The summed E-state index contributed by atoms with van der Waals surface area (Å²) in [5.41, 5.74) is 3.28. The highest BCUT2D eigenvalue weighted by Gasteiger charge is 2.38. The Morgan fingerprint density at radius 3 is 2.56 bits per heavy atom. The highest BCUT2D eigenvalue weighted by atomic mass is 79.9. The third-order valence-corrected chi connectivity index (χ3v) is 7.05. The van der Waals surface area contributed by atoms with E-state index in [9.17, 15) is 4.79 Å². The number of amides is 1. The average Bonchev–Trinajstić information content (AvgIpc) is 3.23. The van der Waals surface area contributed by atoms with Crippen molar-refractivity contribution >= 4 is 39.0 Å². The Labute approximate surface area is 205 Å². The van der Waals surface area contributed by atoms with E-state index in [1.54, 1.807) is 21.8 Å². The smallest absolute Gasteiger partial charge is 0.259 e. The molecule has 1 N–H and O–H groups in total. The van der Waals surface area contributed by atoms with E-state index >= 15 is 4.39 Å². The topological polar surface area (TPSA) is 62.5 Å². The van der Waals surface area contributed by atoms with Gasteiger partial charge in [0.1, 0.15) is 17.1 Å². The first-order chi connectivity index (χ1) is 16.4. The number of nitrogens with zero attached hydrogens (tertiary/aromatic N) is 4. The molecule has 0 spiro atoms. The number of carbonyl (C=O) groups is 1. The molecule has 1 aliphatic heterocycles. The minimum atomic E-state index is -1.42. The number of hydrogen-bond donors (Lipinski definition) is 1. The van der Waals surface area contributed by atoms with Crippen LogP contribution in [0.25, 0.3) is 5.65 Å². The SMILES string of the molecule is Cc1ccc(C)c(Nc2c(C(=O)N3CCC(F)(c4ccccc4)CC3)cnc3c(Br)cnn23)c1. The van der Waals surface area contributed by atoms with Gasteiger partial charge in [-0.3, -0.25) is 4.79 Å². The van der Waals surface area contributed by atoms with E-state index < -0.39 is 5.67 Å². The first-order valence-corrected chi connectivity index (χ1v) is 12.1. The van der Waals surface area contributed by atoms with Gasteiger partial charge in [-0.15, -0.1) is 0 Å². The van der Waals surface area contributed by atoms with Crippen molar-refractivity contribution in [2.24, 2.45) is 0 Å². The van der Waals surface area contributed by atoms with Gasteiger partial charge in [0.25, 0.3) is 5.91 Å². The van der Waals surface area contributed by atoms with Crippen LogP contribution in [0, 0.1) is 13.8 Å². The van der Waals surface area contributed by atoms with Crippen molar-refractivity contribution in [3.05, 3.63) is 87.7 Å². The Kier molecular flexibility index (Phi) is 5.85. The van der Waals surface area contributed by atoms with E-state index in [-0.39, 0.29) is 18.7 Å². The number of alkyl halides is 1. The van der Waals surface area contributed by atoms with E-state index in [0.717, 1.165) is 21.3 Å². The van der Waals surface area contributed by atoms with Gasteiger partial charge in [0, 0.05) is 37.8 Å². The fourth-order valence-corrected chi connectivity index (χ4v) is 4.80. The molecule has 0 saturated carbocycles. The molecule has 0 unspecified atom stereocenters. The van der Waals surface area contributed by atoms with E-state index in [1.807, 2.05) is 62.4 Å². The van der Waals surface area contributed by atoms with E-state index in [2.05, 4.69) is 31.3 Å². The van der Waals surface area contributed by atoms with Crippen molar-refractivity contribution in [3.63, 3.8) is 0 Å². The lowest BCUT2D eigenvalue weighted by Gasteiger charge is -2.37. The molecule has 34 heavy (non-hydrogen) atoms. The quantitative estimate of drug-likeness (QED) is 0.360. The Hall–Kier alpha value is -3.26. The van der Waals surface area contributed by atoms with Gasteiger partial charge >= 0.3 is 0 Å². The molecule has 0 bridgehead atoms. The van der Waals surface area contributed by atoms with Crippen molar-refractivity contribution in [1.82, 2.24) is 19.5 Å². The maximum atomic E-state index is 15.6. The standard InChI is InChI=1S/C26H25BrFN5O/c1-17-8-9-18(2)22(14-17)31-23-20(15-29-24-21(27)16-30-33(23)24)25(34)32-12-10-26(28,11-13-32)19-6-4-3-5-7-19/h3-9,14-16,31H,10-13H2,1-2H3. The van der Waals surface area contributed by atoms with Crippen molar-refractivity contribution in [2.75, 3.05) is 18.4 Å². The average molecular weight is 522 g/mol. The van der Waals surface area contributed by atoms with Crippen LogP contribution in [0.2, 0.25) is 0 Å². The molecule has 4 aromatic rings. The maximum Gasteiger partial charge on any atom is 0.259 e. The molecule has 0 atom stereocenters. The van der Waals surface area contributed by atoms with Gasteiger partial charge < -0.3 is 10.2 Å². The van der Waals surface area contributed by atoms with Crippen LogP contribution in [0.3, 0.4) is 0 Å². The van der Waals surface area contributed by atoms with E-state index in [0.29, 0.717) is 35.7 Å². The number of hydrogen-bond acceptors (Lipinski definition) is 4. The summed E-state index contributed by atoms with van der Waals surface area (Å²) in [4.78, 5) is 19.8. The zero-order valence-corrected chi connectivity index (χ0v) is 20.6. The monoisotopic (exact) mass is 521 g/mol. The van der Waals surface area contributed by atoms with Gasteiger partial charge in [0.2, 0.25) is 0 Å². The third kappa shape index (κ3) is 4.07. The van der Waals surface area contributed by atoms with Crippen molar-refractivity contribution < 1.29 is 9.18 Å². The number of benzene rings is 2. The molecule has 6 nitrogen and oxygen atoms in total. The van der Waals surface area contributed by atoms with Gasteiger partial charge in [-0.05, 0) is 52.5 Å². The second-order valence-corrected chi connectivity index (χ2v) is 9.67. The van der Waals surface area contributed by atoms with Crippen LogP contribution < -0.4 is 5.32 Å². The summed E-state index contributed by atoms with van der Waals surface area (Å²) in [6.45, 7) is 4.69. The predicted octanol–water partition coefficient (Wildman–Crippen LogP) is 5.95. The highest BCUT2D eigenvalue weighted by Crippen LogP contribution is 2.37. The van der Waals surface area contributed by atoms with Crippen molar-refractivity contribution in [1.29, 1.82) is 0 Å². The van der Waals surface area contributed by atoms with Gasteiger partial charge in [0.15, 0.2) is 5.65 Å². The van der Waals surface area contributed by atoms with Crippen LogP contribution in [-0.4, -0.2) is 38.5 Å². The fourth-order valence-electron chi connectivity index (χ4n) is 4.44. The minimum Gasteiger partial charge on any atom is -0.339 e. The number of rotatable bonds is 4. The summed E-state index contributed by atoms with van der Waals surface area (Å²) in [6, 6.07) is 15.3. The number of fused-ring (bicyclic) bond motifs is 1. The summed E-state index contributed by atoms with van der Waals surface area (Å²) in [6.07, 6.45) is 3.74. The van der Waals surface area contributed by atoms with Gasteiger partial charge in [0.05, 0.1) is 10.7 Å². The highest BCUT2D eigenvalue weighted by molar-refractivity contribution is 9.10. The van der Waals surface area contributed by atoms with E-state index in [4.69, 9.17) is 0 Å². The molecular weight excluding hydrogens is 497 g/mol. The zero-order chi connectivity index (χ0) is 23.9. The number of anilines is 2. The third-order valence-electron chi connectivity index (χ3n) is 6.49. The summed E-state index contributed by atoms with van der Waals surface area (Å²) in [5.74, 6) is 0.346. The zero-order valence-electron chi connectivity index (χ0n) is 19.1. The normalized spacial score (nSPS) is 15.5. The Balaban J connectivity index is 1.47. The van der Waals surface area contributed by atoms with Crippen LogP contribution in [0.5, 0.6) is 0 Å². The van der Waals surface area contributed by atoms with E-state index in [1.165, 1.54) is 0 Å². The van der Waals surface area contributed by atoms with Crippen LogP contribution in [0.15, 0.2) is 65.4 Å². The lowest BCUT2D eigenvalue weighted by atomic mass is 9.86. The second kappa shape index (κ2) is 8.83. The summed E-state index contributed by atoms with van der Waals surface area (Å²) < 4.78 is 18.0. The van der Waals surface area contributed by atoms with Crippen LogP contribution >= 0.6 is 15.9 Å². The van der Waals surface area contributed by atoms with Gasteiger partial charge in [-0.1, -0.05) is 42.5 Å². The molecule has 8 heteroatoms. The summed E-state index contributed by atoms with van der Waals surface area (Å²) in [7, 11) is 0. The van der Waals surface area contributed by atoms with Crippen LogP contribution in [0.4, 0.5) is 15.9 Å². The van der Waals surface area contributed by atoms with Gasteiger partial charge in [-0.25, -0.2) is 9.37 Å². The lowest BCUT2D eigenvalue weighted by Crippen LogP contribution is -2.43. The summed E-state index contributed by atoms with van der Waals surface area (Å²) in [5, 5.41) is 7.85. The minimum absolute atomic E-state index is 0.191. The molecule has 174 valence electrons. The number of aryl methyl sites for hydroxylation is 2. The first kappa shape index (κ1) is 22.5. The lowest BCUT2D eigenvalue weighted by molar-refractivity contribution is 0.0421. The molecule has 3 heterocycles. The molecule has 1 amide bonds. The Bertz CT molecular complexity index is 1360. The molecule has 5 rings (SSSR count). The predicted molar refractivity (Wildman–Crippen MR) is 134 cm³/mol.